The van der Waals surface area contributed by atoms with Crippen molar-refractivity contribution in [1.82, 2.24) is 19.7 Å². The first-order valence-corrected chi connectivity index (χ1v) is 12.2. The fourth-order valence-electron chi connectivity index (χ4n) is 4.58. The summed E-state index contributed by atoms with van der Waals surface area (Å²) in [4.78, 5) is 28.0. The molecule has 1 N–H and O–H groups in total. The van der Waals surface area contributed by atoms with Crippen LogP contribution in [0.2, 0.25) is 0 Å². The number of aromatic nitrogens is 3. The Hall–Kier alpha value is -3.00. The van der Waals surface area contributed by atoms with Gasteiger partial charge in [-0.15, -0.1) is 21.5 Å². The number of fused-ring (bicyclic) bond motifs is 1. The van der Waals surface area contributed by atoms with E-state index >= 15 is 0 Å². The summed E-state index contributed by atoms with van der Waals surface area (Å²) in [5, 5.41) is 13.8. The van der Waals surface area contributed by atoms with Gasteiger partial charge >= 0.3 is 0 Å². The van der Waals surface area contributed by atoms with Crippen LogP contribution in [-0.4, -0.2) is 44.6 Å². The molecule has 5 rings (SSSR count). The molecule has 0 unspecified atom stereocenters. The maximum atomic E-state index is 12.9. The van der Waals surface area contributed by atoms with Crippen molar-refractivity contribution in [3.8, 4) is 11.4 Å². The van der Waals surface area contributed by atoms with Gasteiger partial charge in [-0.2, -0.15) is 0 Å². The number of benzene rings is 1. The summed E-state index contributed by atoms with van der Waals surface area (Å²) in [6.45, 7) is 2.17. The Balaban J connectivity index is 1.22. The van der Waals surface area contributed by atoms with Gasteiger partial charge in [0.1, 0.15) is 5.82 Å². The average Bonchev–Trinajstić information content (AvgIpc) is 3.44. The lowest BCUT2D eigenvalue weighted by molar-refractivity contribution is -0.121. The minimum Gasteiger partial charge on any atom is -0.338 e. The number of piperidine rings is 1. The largest absolute Gasteiger partial charge is 0.338 e. The number of aryl methyl sites for hydroxylation is 1. The number of likely N-dealkylation sites (tertiary alicyclic amines) is 1. The molecule has 0 spiro atoms. The van der Waals surface area contributed by atoms with Gasteiger partial charge in [0.15, 0.2) is 5.82 Å². The number of hydrogen-bond acceptors (Lipinski definition) is 5. The molecule has 1 aromatic carbocycles. The first-order valence-electron chi connectivity index (χ1n) is 11.4. The highest BCUT2D eigenvalue weighted by Crippen LogP contribution is 2.26. The van der Waals surface area contributed by atoms with Crippen molar-refractivity contribution in [2.45, 2.75) is 45.1 Å². The monoisotopic (exact) mass is 449 g/mol. The third-order valence-electron chi connectivity index (χ3n) is 6.38. The summed E-state index contributed by atoms with van der Waals surface area (Å²) < 4.78 is 2.22. The van der Waals surface area contributed by atoms with Crippen LogP contribution in [0.1, 0.15) is 47.6 Å². The highest BCUT2D eigenvalue weighted by molar-refractivity contribution is 7.12. The SMILES string of the molecule is O=C(Nc1cccc(-c2nnc3n2CCCCC3)c1)C1CCN(C(=O)c2cccs2)CC1. The molecule has 4 heterocycles. The standard InChI is InChI=1S/C24H27N5O2S/c30-23(17-10-13-28(14-11-17)24(31)20-8-5-15-32-20)25-19-7-4-6-18(16-19)22-27-26-21-9-2-1-3-12-29(21)22/h4-8,15-17H,1-3,9-14H2,(H,25,30). The molecule has 1 saturated heterocycles. The molecule has 0 atom stereocenters. The van der Waals surface area contributed by atoms with Crippen LogP contribution in [0, 0.1) is 5.92 Å². The number of nitrogens with one attached hydrogen (secondary N) is 1. The number of anilines is 1. The molecule has 2 aromatic heterocycles. The molecule has 0 radical (unpaired) electrons. The fourth-order valence-corrected chi connectivity index (χ4v) is 5.27. The summed E-state index contributed by atoms with van der Waals surface area (Å²) >= 11 is 1.46. The first kappa shape index (κ1) is 20.9. The number of hydrogen-bond donors (Lipinski definition) is 1. The average molecular weight is 450 g/mol. The molecule has 0 aliphatic carbocycles. The lowest BCUT2D eigenvalue weighted by Gasteiger charge is -2.31. The Kier molecular flexibility index (Phi) is 6.03. The van der Waals surface area contributed by atoms with Gasteiger partial charge < -0.3 is 14.8 Å². The van der Waals surface area contributed by atoms with Crippen molar-refractivity contribution in [3.63, 3.8) is 0 Å². The summed E-state index contributed by atoms with van der Waals surface area (Å²) in [5.41, 5.74) is 1.75. The second kappa shape index (κ2) is 9.24. The fraction of sp³-hybridized carbons (Fsp3) is 0.417. The molecule has 7 nitrogen and oxygen atoms in total. The van der Waals surface area contributed by atoms with E-state index in [0.29, 0.717) is 25.9 Å². The molecular formula is C24H27N5O2S. The van der Waals surface area contributed by atoms with Crippen LogP contribution in [0.5, 0.6) is 0 Å². The second-order valence-corrected chi connectivity index (χ2v) is 9.46. The third kappa shape index (κ3) is 4.32. The lowest BCUT2D eigenvalue weighted by atomic mass is 9.95. The van der Waals surface area contributed by atoms with Gasteiger partial charge in [0, 0.05) is 43.2 Å². The molecule has 8 heteroatoms. The number of carbonyl (C=O) groups excluding carboxylic acids is 2. The van der Waals surface area contributed by atoms with Crippen LogP contribution >= 0.6 is 11.3 Å². The minimum absolute atomic E-state index is 0.0189. The summed E-state index contributed by atoms with van der Waals surface area (Å²) in [6.07, 6.45) is 5.85. The molecular weight excluding hydrogens is 422 g/mol. The van der Waals surface area contributed by atoms with E-state index in [9.17, 15) is 9.59 Å². The van der Waals surface area contributed by atoms with Crippen molar-refractivity contribution < 1.29 is 9.59 Å². The van der Waals surface area contributed by atoms with Crippen LogP contribution in [0.4, 0.5) is 5.69 Å². The molecule has 166 valence electrons. The summed E-state index contributed by atoms with van der Waals surface area (Å²) in [5.74, 6) is 1.93. The molecule has 32 heavy (non-hydrogen) atoms. The number of nitrogens with zero attached hydrogens (tertiary/aromatic N) is 4. The minimum atomic E-state index is -0.0876. The van der Waals surface area contributed by atoms with Crippen LogP contribution in [0.15, 0.2) is 41.8 Å². The van der Waals surface area contributed by atoms with E-state index in [2.05, 4.69) is 20.1 Å². The Morgan fingerprint density at radius 2 is 1.88 bits per heavy atom. The maximum Gasteiger partial charge on any atom is 0.263 e. The predicted octanol–water partition coefficient (Wildman–Crippen LogP) is 4.22. The van der Waals surface area contributed by atoms with Crippen molar-refractivity contribution in [1.29, 1.82) is 0 Å². The van der Waals surface area contributed by atoms with Gasteiger partial charge in [0.25, 0.3) is 5.91 Å². The van der Waals surface area contributed by atoms with E-state index in [1.165, 1.54) is 17.8 Å². The predicted molar refractivity (Wildman–Crippen MR) is 125 cm³/mol. The Morgan fingerprint density at radius 3 is 2.69 bits per heavy atom. The highest BCUT2D eigenvalue weighted by Gasteiger charge is 2.28. The van der Waals surface area contributed by atoms with Gasteiger partial charge in [-0.05, 0) is 49.3 Å². The highest BCUT2D eigenvalue weighted by atomic mass is 32.1. The van der Waals surface area contributed by atoms with Crippen LogP contribution in [0.3, 0.4) is 0 Å². The zero-order valence-electron chi connectivity index (χ0n) is 18.0. The zero-order valence-corrected chi connectivity index (χ0v) is 18.8. The Bertz CT molecular complexity index is 1100. The van der Waals surface area contributed by atoms with Crippen molar-refractivity contribution in [3.05, 3.63) is 52.5 Å². The molecule has 2 amide bonds. The second-order valence-electron chi connectivity index (χ2n) is 8.52. The molecule has 2 aliphatic rings. The molecule has 0 bridgehead atoms. The van der Waals surface area contributed by atoms with Gasteiger partial charge in [0.05, 0.1) is 4.88 Å². The van der Waals surface area contributed by atoms with Gasteiger partial charge in [-0.3, -0.25) is 9.59 Å². The third-order valence-corrected chi connectivity index (χ3v) is 7.24. The maximum absolute atomic E-state index is 12.9. The van der Waals surface area contributed by atoms with E-state index in [-0.39, 0.29) is 17.7 Å². The van der Waals surface area contributed by atoms with E-state index in [1.807, 2.05) is 46.7 Å². The first-order chi connectivity index (χ1) is 15.7. The smallest absolute Gasteiger partial charge is 0.263 e. The molecule has 1 fully saturated rings. The summed E-state index contributed by atoms with van der Waals surface area (Å²) in [7, 11) is 0. The van der Waals surface area contributed by atoms with Gasteiger partial charge in [-0.1, -0.05) is 24.6 Å². The van der Waals surface area contributed by atoms with Crippen LogP contribution in [-0.2, 0) is 17.8 Å². The Labute approximate surface area is 191 Å². The van der Waals surface area contributed by atoms with Gasteiger partial charge in [-0.25, -0.2) is 0 Å². The number of rotatable bonds is 4. The quantitative estimate of drug-likeness (QED) is 0.647. The molecule has 0 saturated carbocycles. The van der Waals surface area contributed by atoms with E-state index in [4.69, 9.17) is 0 Å². The zero-order chi connectivity index (χ0) is 21.9. The van der Waals surface area contributed by atoms with Crippen LogP contribution < -0.4 is 5.32 Å². The van der Waals surface area contributed by atoms with Crippen molar-refractivity contribution >= 4 is 28.8 Å². The summed E-state index contributed by atoms with van der Waals surface area (Å²) in [6, 6.07) is 11.6. The number of thiophene rings is 1. The van der Waals surface area contributed by atoms with Crippen molar-refractivity contribution in [2.24, 2.45) is 5.92 Å². The normalized spacial score (nSPS) is 16.9. The van der Waals surface area contributed by atoms with E-state index in [0.717, 1.165) is 53.6 Å². The Morgan fingerprint density at radius 1 is 1.00 bits per heavy atom. The van der Waals surface area contributed by atoms with Crippen LogP contribution in [0.25, 0.3) is 11.4 Å². The number of carbonyl (C=O) groups is 2. The number of amides is 2. The molecule has 3 aromatic rings. The van der Waals surface area contributed by atoms with Crippen molar-refractivity contribution in [2.75, 3.05) is 18.4 Å². The van der Waals surface area contributed by atoms with Gasteiger partial charge in [0.2, 0.25) is 5.91 Å². The topological polar surface area (TPSA) is 80.1 Å². The van der Waals surface area contributed by atoms with E-state index < -0.39 is 0 Å². The van der Waals surface area contributed by atoms with E-state index in [1.54, 1.807) is 0 Å². The lowest BCUT2D eigenvalue weighted by Crippen LogP contribution is -2.41. The molecule has 2 aliphatic heterocycles.